The number of fused-ring (bicyclic) bond motifs is 1. The lowest BCUT2D eigenvalue weighted by Gasteiger charge is -2.23. The van der Waals surface area contributed by atoms with Crippen LogP contribution in [0.1, 0.15) is 60.3 Å². The summed E-state index contributed by atoms with van der Waals surface area (Å²) in [6.45, 7) is 0.919. The van der Waals surface area contributed by atoms with Crippen LogP contribution in [0.25, 0.3) is 0 Å². The van der Waals surface area contributed by atoms with Gasteiger partial charge in [0.15, 0.2) is 5.84 Å². The third kappa shape index (κ3) is 7.51. The van der Waals surface area contributed by atoms with Gasteiger partial charge in [-0.1, -0.05) is 18.9 Å². The van der Waals surface area contributed by atoms with Crippen molar-refractivity contribution in [2.75, 3.05) is 13.2 Å². The Morgan fingerprint density at radius 1 is 1.22 bits per heavy atom. The summed E-state index contributed by atoms with van der Waals surface area (Å²) < 4.78 is 49.8. The number of aromatic nitrogens is 2. The topological polar surface area (TPSA) is 142 Å². The molecule has 4 rings (SSSR count). The summed E-state index contributed by atoms with van der Waals surface area (Å²) in [5, 5.41) is 11.5. The molecule has 1 unspecified atom stereocenters. The largest absolute Gasteiger partial charge is 0.493 e. The molecule has 6 N–H and O–H groups in total. The number of halogens is 3. The van der Waals surface area contributed by atoms with Crippen molar-refractivity contribution in [3.05, 3.63) is 41.2 Å². The Hall–Kier alpha value is -3.48. The third-order valence-electron chi connectivity index (χ3n) is 6.31. The normalized spacial score (nSPS) is 17.8. The number of hydrogen-bond donors (Lipinski definition) is 4. The van der Waals surface area contributed by atoms with Crippen molar-refractivity contribution in [1.29, 1.82) is 0 Å². The number of carbonyl (C=O) groups is 1. The number of nitrogens with zero attached hydrogens (tertiary/aromatic N) is 3. The molecule has 1 atom stereocenters. The van der Waals surface area contributed by atoms with E-state index in [0.29, 0.717) is 60.4 Å². The van der Waals surface area contributed by atoms with Gasteiger partial charge in [-0.3, -0.25) is 9.48 Å². The third-order valence-corrected chi connectivity index (χ3v) is 6.31. The number of amidine groups is 1. The quantitative estimate of drug-likeness (QED) is 0.104. The minimum absolute atomic E-state index is 0.0364. The smallest absolute Gasteiger partial charge is 0.389 e. The summed E-state index contributed by atoms with van der Waals surface area (Å²) in [4.78, 5) is 13.0. The van der Waals surface area contributed by atoms with Crippen LogP contribution >= 0.6 is 0 Å². The zero-order valence-corrected chi connectivity index (χ0v) is 20.4. The van der Waals surface area contributed by atoms with Crippen molar-refractivity contribution in [3.63, 3.8) is 0 Å². The average molecular weight is 524 g/mol. The number of hydrazine groups is 1. The van der Waals surface area contributed by atoms with Crippen molar-refractivity contribution in [3.8, 4) is 11.5 Å². The summed E-state index contributed by atoms with van der Waals surface area (Å²) in [6.07, 6.45) is -0.778. The molecular weight excluding hydrogens is 491 g/mol. The van der Waals surface area contributed by atoms with Crippen molar-refractivity contribution in [2.24, 2.45) is 22.6 Å². The number of alkyl halides is 3. The second kappa shape index (κ2) is 11.7. The van der Waals surface area contributed by atoms with Crippen LogP contribution in [0.3, 0.4) is 0 Å². The first-order valence-electron chi connectivity index (χ1n) is 12.4. The summed E-state index contributed by atoms with van der Waals surface area (Å²) in [5.41, 5.74) is 9.81. The molecule has 2 heterocycles. The molecule has 37 heavy (non-hydrogen) atoms. The van der Waals surface area contributed by atoms with Crippen molar-refractivity contribution < 1.29 is 27.4 Å². The summed E-state index contributed by atoms with van der Waals surface area (Å²) in [5.74, 6) is 6.77. The first kappa shape index (κ1) is 26.6. The number of carbonyl (C=O) groups excluding carboxylic acids is 1. The van der Waals surface area contributed by atoms with Gasteiger partial charge < -0.3 is 20.5 Å². The minimum atomic E-state index is -4.19. The van der Waals surface area contributed by atoms with Crippen LogP contribution < -0.4 is 31.9 Å². The molecule has 10 nitrogen and oxygen atoms in total. The molecule has 1 aromatic carbocycles. The van der Waals surface area contributed by atoms with Gasteiger partial charge in [-0.25, -0.2) is 11.4 Å². The Morgan fingerprint density at radius 3 is 2.62 bits per heavy atom. The summed E-state index contributed by atoms with van der Waals surface area (Å²) in [6, 6.07) is 6.55. The van der Waals surface area contributed by atoms with Crippen LogP contribution in [0.5, 0.6) is 11.5 Å². The highest BCUT2D eigenvalue weighted by Crippen LogP contribution is 2.33. The van der Waals surface area contributed by atoms with Crippen molar-refractivity contribution in [2.45, 2.75) is 63.7 Å². The van der Waals surface area contributed by atoms with Gasteiger partial charge in [-0.05, 0) is 30.9 Å². The minimum Gasteiger partial charge on any atom is -0.493 e. The van der Waals surface area contributed by atoms with E-state index < -0.39 is 12.6 Å². The highest BCUT2D eigenvalue weighted by Gasteiger charge is 2.33. The Morgan fingerprint density at radius 2 is 1.95 bits per heavy atom. The molecule has 0 saturated heterocycles. The standard InChI is InChI=1S/C24H32F3N7O3/c25-24(26,27)9-2-11-36-17-3-1-4-18(14-17)37-12-8-16-13-19-20(23(35)30-16)21(22(28)31-33-29)34(32-19)10-7-15-5-6-15/h1,3-4,14-16,33H,2,5-13,29H2,(H2,28,31)(H,30,35). The number of nitrogens with one attached hydrogen (secondary N) is 2. The Bertz CT molecular complexity index is 1120. The van der Waals surface area contributed by atoms with Crippen LogP contribution in [0.2, 0.25) is 0 Å². The second-order valence-corrected chi connectivity index (χ2v) is 9.31. The van der Waals surface area contributed by atoms with Gasteiger partial charge >= 0.3 is 6.18 Å². The van der Waals surface area contributed by atoms with E-state index in [0.717, 1.165) is 6.42 Å². The molecule has 202 valence electrons. The number of nitrogens with two attached hydrogens (primary N) is 2. The van der Waals surface area contributed by atoms with Gasteiger partial charge in [0.1, 0.15) is 17.2 Å². The van der Waals surface area contributed by atoms with Gasteiger partial charge in [-0.15, -0.1) is 5.10 Å². The Kier molecular flexibility index (Phi) is 8.41. The molecule has 0 spiro atoms. The molecule has 2 aliphatic rings. The average Bonchev–Trinajstić information content (AvgIpc) is 3.59. The molecule has 1 aromatic heterocycles. The molecule has 1 aliphatic carbocycles. The van der Waals surface area contributed by atoms with Crippen LogP contribution in [-0.2, 0) is 13.0 Å². The van der Waals surface area contributed by atoms with Crippen LogP contribution in [0.4, 0.5) is 13.2 Å². The molecule has 1 saturated carbocycles. The zero-order valence-electron chi connectivity index (χ0n) is 20.4. The zero-order chi connectivity index (χ0) is 26.4. The summed E-state index contributed by atoms with van der Waals surface area (Å²) >= 11 is 0. The lowest BCUT2D eigenvalue weighted by molar-refractivity contribution is -0.136. The van der Waals surface area contributed by atoms with Gasteiger partial charge in [0.25, 0.3) is 5.91 Å². The van der Waals surface area contributed by atoms with Gasteiger partial charge in [-0.2, -0.15) is 18.3 Å². The van der Waals surface area contributed by atoms with Gasteiger partial charge in [0, 0.05) is 37.9 Å². The molecule has 0 radical (unpaired) electrons. The fraction of sp³-hybridized carbons (Fsp3) is 0.542. The van der Waals surface area contributed by atoms with Crippen molar-refractivity contribution in [1.82, 2.24) is 20.6 Å². The number of hydrogen-bond acceptors (Lipinski definition) is 7. The van der Waals surface area contributed by atoms with E-state index in [1.807, 2.05) is 0 Å². The van der Waals surface area contributed by atoms with Crippen molar-refractivity contribution >= 4 is 11.7 Å². The Balaban J connectivity index is 1.32. The molecule has 1 amide bonds. The van der Waals surface area contributed by atoms with E-state index >= 15 is 0 Å². The highest BCUT2D eigenvalue weighted by molar-refractivity contribution is 6.09. The van der Waals surface area contributed by atoms with E-state index in [9.17, 15) is 18.0 Å². The van der Waals surface area contributed by atoms with E-state index in [2.05, 4.69) is 21.1 Å². The number of aryl methyl sites for hydroxylation is 1. The number of amides is 1. The second-order valence-electron chi connectivity index (χ2n) is 9.31. The summed E-state index contributed by atoms with van der Waals surface area (Å²) in [7, 11) is 0. The van der Waals surface area contributed by atoms with Crippen LogP contribution in [-0.4, -0.2) is 47.0 Å². The van der Waals surface area contributed by atoms with Gasteiger partial charge in [0.2, 0.25) is 0 Å². The number of benzene rings is 1. The predicted molar refractivity (Wildman–Crippen MR) is 130 cm³/mol. The fourth-order valence-corrected chi connectivity index (χ4v) is 4.30. The highest BCUT2D eigenvalue weighted by atomic mass is 19.4. The van der Waals surface area contributed by atoms with Crippen LogP contribution in [0, 0.1) is 5.92 Å². The lowest BCUT2D eigenvalue weighted by atomic mass is 9.98. The maximum Gasteiger partial charge on any atom is 0.389 e. The van der Waals surface area contributed by atoms with E-state index in [1.54, 1.807) is 28.9 Å². The monoisotopic (exact) mass is 523 g/mol. The molecule has 13 heteroatoms. The lowest BCUT2D eigenvalue weighted by Crippen LogP contribution is -2.43. The maximum atomic E-state index is 13.0. The van der Waals surface area contributed by atoms with E-state index in [4.69, 9.17) is 21.1 Å². The number of ether oxygens (including phenoxy) is 2. The maximum absolute atomic E-state index is 13.0. The molecule has 2 aromatic rings. The number of hydrazone groups is 1. The molecule has 0 bridgehead atoms. The predicted octanol–water partition coefficient (Wildman–Crippen LogP) is 2.61. The molecule has 1 fully saturated rings. The Labute approximate surface area is 212 Å². The first-order valence-corrected chi connectivity index (χ1v) is 12.4. The fourth-order valence-electron chi connectivity index (χ4n) is 4.30. The molecular formula is C24H32F3N7O3. The molecule has 1 aliphatic heterocycles. The number of rotatable bonds is 13. The van der Waals surface area contributed by atoms with E-state index in [1.165, 1.54) is 12.8 Å². The first-order chi connectivity index (χ1) is 17.7. The van der Waals surface area contributed by atoms with Crippen LogP contribution in [0.15, 0.2) is 29.4 Å². The van der Waals surface area contributed by atoms with E-state index in [-0.39, 0.29) is 30.8 Å². The van der Waals surface area contributed by atoms with Gasteiger partial charge in [0.05, 0.1) is 24.5 Å². The SMILES string of the molecule is NN/N=C(\N)c1c2c(nn1CCC1CC1)CC(CCOc1cccc(OCCCC(F)(F)F)c1)NC2=O.